The number of nitrogens with zero attached hydrogens (tertiary/aromatic N) is 2. The molecule has 0 saturated heterocycles. The zero-order valence-corrected chi connectivity index (χ0v) is 13.7. The minimum Gasteiger partial charge on any atom is -0.497 e. The maximum atomic E-state index is 13.1. The SMILES string of the molecule is COc1ccc(-c2oc3ccccc3c(=O)c2Cn2ccnc2)cc1. The van der Waals surface area contributed by atoms with Gasteiger partial charge in [0, 0.05) is 18.0 Å². The van der Waals surface area contributed by atoms with Crippen LogP contribution >= 0.6 is 0 Å². The number of imidazole rings is 1. The van der Waals surface area contributed by atoms with Crippen molar-refractivity contribution in [3.8, 4) is 17.1 Å². The Labute approximate surface area is 144 Å². The average Bonchev–Trinajstić information content (AvgIpc) is 3.17. The van der Waals surface area contributed by atoms with Gasteiger partial charge in [-0.3, -0.25) is 4.79 Å². The number of hydrogen-bond acceptors (Lipinski definition) is 4. The third kappa shape index (κ3) is 2.80. The third-order valence-corrected chi connectivity index (χ3v) is 4.14. The molecule has 0 spiro atoms. The van der Waals surface area contributed by atoms with Crippen molar-refractivity contribution in [2.75, 3.05) is 7.11 Å². The summed E-state index contributed by atoms with van der Waals surface area (Å²) < 4.78 is 13.2. The van der Waals surface area contributed by atoms with Crippen LogP contribution in [0.25, 0.3) is 22.3 Å². The molecule has 5 heteroatoms. The first kappa shape index (κ1) is 15.2. The lowest BCUT2D eigenvalue weighted by Crippen LogP contribution is -2.14. The van der Waals surface area contributed by atoms with Crippen molar-refractivity contribution >= 4 is 11.0 Å². The predicted octanol–water partition coefficient (Wildman–Crippen LogP) is 3.71. The van der Waals surface area contributed by atoms with Crippen LogP contribution in [0.3, 0.4) is 0 Å². The highest BCUT2D eigenvalue weighted by Gasteiger charge is 2.16. The molecule has 0 atom stereocenters. The summed E-state index contributed by atoms with van der Waals surface area (Å²) in [7, 11) is 1.62. The van der Waals surface area contributed by atoms with E-state index < -0.39 is 0 Å². The highest BCUT2D eigenvalue weighted by Crippen LogP contribution is 2.28. The Balaban J connectivity index is 1.95. The van der Waals surface area contributed by atoms with Crippen LogP contribution < -0.4 is 10.2 Å². The number of ether oxygens (including phenoxy) is 1. The molecule has 2 aromatic carbocycles. The smallest absolute Gasteiger partial charge is 0.198 e. The average molecular weight is 332 g/mol. The van der Waals surface area contributed by atoms with E-state index >= 15 is 0 Å². The summed E-state index contributed by atoms with van der Waals surface area (Å²) in [4.78, 5) is 17.1. The van der Waals surface area contributed by atoms with E-state index in [-0.39, 0.29) is 5.43 Å². The van der Waals surface area contributed by atoms with Gasteiger partial charge in [0.2, 0.25) is 0 Å². The Morgan fingerprint density at radius 3 is 2.64 bits per heavy atom. The summed E-state index contributed by atoms with van der Waals surface area (Å²) in [6.07, 6.45) is 5.20. The van der Waals surface area contributed by atoms with Crippen molar-refractivity contribution in [3.05, 3.63) is 83.0 Å². The second-order valence-electron chi connectivity index (χ2n) is 5.70. The molecule has 4 aromatic rings. The number of rotatable bonds is 4. The molecule has 0 unspecified atom stereocenters. The molecule has 0 fully saturated rings. The Hall–Kier alpha value is -3.34. The van der Waals surface area contributed by atoms with Gasteiger partial charge in [0.1, 0.15) is 17.1 Å². The number of fused-ring (bicyclic) bond motifs is 1. The third-order valence-electron chi connectivity index (χ3n) is 4.14. The Morgan fingerprint density at radius 2 is 1.92 bits per heavy atom. The number of hydrogen-bond donors (Lipinski definition) is 0. The molecular weight excluding hydrogens is 316 g/mol. The molecule has 0 radical (unpaired) electrons. The molecule has 25 heavy (non-hydrogen) atoms. The fraction of sp³-hybridized carbons (Fsp3) is 0.100. The highest BCUT2D eigenvalue weighted by atomic mass is 16.5. The summed E-state index contributed by atoms with van der Waals surface area (Å²) in [6, 6.07) is 14.8. The zero-order chi connectivity index (χ0) is 17.2. The summed E-state index contributed by atoms with van der Waals surface area (Å²) in [6.45, 7) is 0.397. The van der Waals surface area contributed by atoms with E-state index in [2.05, 4.69) is 4.98 Å². The van der Waals surface area contributed by atoms with Crippen LogP contribution in [0.5, 0.6) is 5.75 Å². The summed E-state index contributed by atoms with van der Waals surface area (Å²) >= 11 is 0. The van der Waals surface area contributed by atoms with Crippen LogP contribution in [-0.2, 0) is 6.54 Å². The van der Waals surface area contributed by atoms with Gasteiger partial charge in [-0.2, -0.15) is 0 Å². The van der Waals surface area contributed by atoms with Gasteiger partial charge in [-0.1, -0.05) is 12.1 Å². The lowest BCUT2D eigenvalue weighted by atomic mass is 10.0. The van der Waals surface area contributed by atoms with Gasteiger partial charge in [-0.05, 0) is 36.4 Å². The zero-order valence-electron chi connectivity index (χ0n) is 13.7. The standard InChI is InChI=1S/C20H16N2O3/c1-24-15-8-6-14(7-9-15)20-17(12-22-11-10-21-13-22)19(23)16-4-2-3-5-18(16)25-20/h2-11,13H,12H2,1H3. The lowest BCUT2D eigenvalue weighted by Gasteiger charge is -2.11. The van der Waals surface area contributed by atoms with Crippen molar-refractivity contribution < 1.29 is 9.15 Å². The number of para-hydroxylation sites is 1. The molecule has 4 rings (SSSR count). The molecule has 0 saturated carbocycles. The maximum absolute atomic E-state index is 13.1. The molecule has 124 valence electrons. The number of aromatic nitrogens is 2. The largest absolute Gasteiger partial charge is 0.497 e. The molecule has 0 amide bonds. The summed E-state index contributed by atoms with van der Waals surface area (Å²) in [5.41, 5.74) is 1.98. The lowest BCUT2D eigenvalue weighted by molar-refractivity contribution is 0.415. The van der Waals surface area contributed by atoms with E-state index in [1.807, 2.05) is 53.2 Å². The molecule has 0 aliphatic carbocycles. The molecule has 0 N–H and O–H groups in total. The van der Waals surface area contributed by atoms with E-state index in [9.17, 15) is 4.79 Å². The summed E-state index contributed by atoms with van der Waals surface area (Å²) in [5, 5.41) is 0.579. The maximum Gasteiger partial charge on any atom is 0.198 e. The van der Waals surface area contributed by atoms with E-state index in [4.69, 9.17) is 9.15 Å². The molecule has 0 aliphatic rings. The quantitative estimate of drug-likeness (QED) is 0.571. The van der Waals surface area contributed by atoms with E-state index in [0.29, 0.717) is 28.8 Å². The second-order valence-corrected chi connectivity index (χ2v) is 5.70. The van der Waals surface area contributed by atoms with Gasteiger partial charge < -0.3 is 13.7 Å². The van der Waals surface area contributed by atoms with Gasteiger partial charge >= 0.3 is 0 Å². The van der Waals surface area contributed by atoms with Crippen LogP contribution in [0.15, 0.2) is 76.5 Å². The van der Waals surface area contributed by atoms with E-state index in [0.717, 1.165) is 11.3 Å². The Kier molecular flexibility index (Phi) is 3.82. The number of benzene rings is 2. The first-order valence-electron chi connectivity index (χ1n) is 7.91. The minimum absolute atomic E-state index is 0.0265. The van der Waals surface area contributed by atoms with Gasteiger partial charge in [0.05, 0.1) is 30.9 Å². The van der Waals surface area contributed by atoms with Crippen LogP contribution in [0.4, 0.5) is 0 Å². The predicted molar refractivity (Wildman–Crippen MR) is 95.8 cm³/mol. The van der Waals surface area contributed by atoms with Gasteiger partial charge in [0.15, 0.2) is 5.43 Å². The van der Waals surface area contributed by atoms with Crippen molar-refractivity contribution in [3.63, 3.8) is 0 Å². The minimum atomic E-state index is -0.0265. The molecule has 0 bridgehead atoms. The fourth-order valence-corrected chi connectivity index (χ4v) is 2.86. The highest BCUT2D eigenvalue weighted by molar-refractivity contribution is 5.80. The topological polar surface area (TPSA) is 57.3 Å². The molecule has 5 nitrogen and oxygen atoms in total. The van der Waals surface area contributed by atoms with Gasteiger partial charge in [0.25, 0.3) is 0 Å². The van der Waals surface area contributed by atoms with Crippen LogP contribution in [0.1, 0.15) is 5.56 Å². The summed E-state index contributed by atoms with van der Waals surface area (Å²) in [5.74, 6) is 1.32. The van der Waals surface area contributed by atoms with Crippen molar-refractivity contribution in [2.45, 2.75) is 6.54 Å². The van der Waals surface area contributed by atoms with Crippen LogP contribution in [0, 0.1) is 0 Å². The van der Waals surface area contributed by atoms with Crippen LogP contribution in [0.2, 0.25) is 0 Å². The van der Waals surface area contributed by atoms with E-state index in [1.54, 1.807) is 25.7 Å². The molecule has 2 aromatic heterocycles. The first-order valence-corrected chi connectivity index (χ1v) is 7.91. The van der Waals surface area contributed by atoms with Gasteiger partial charge in [-0.15, -0.1) is 0 Å². The Morgan fingerprint density at radius 1 is 1.12 bits per heavy atom. The molecular formula is C20H16N2O3. The van der Waals surface area contributed by atoms with Crippen molar-refractivity contribution in [1.82, 2.24) is 9.55 Å². The number of methoxy groups -OCH3 is 1. The van der Waals surface area contributed by atoms with Gasteiger partial charge in [-0.25, -0.2) is 4.98 Å². The second kappa shape index (κ2) is 6.28. The van der Waals surface area contributed by atoms with Crippen molar-refractivity contribution in [1.29, 1.82) is 0 Å². The Bertz CT molecular complexity index is 1060. The van der Waals surface area contributed by atoms with Crippen molar-refractivity contribution in [2.24, 2.45) is 0 Å². The fourth-order valence-electron chi connectivity index (χ4n) is 2.86. The molecule has 0 aliphatic heterocycles. The molecule has 2 heterocycles. The van der Waals surface area contributed by atoms with Crippen LogP contribution in [-0.4, -0.2) is 16.7 Å². The monoisotopic (exact) mass is 332 g/mol. The normalized spacial score (nSPS) is 10.9. The van der Waals surface area contributed by atoms with E-state index in [1.165, 1.54) is 0 Å². The first-order chi connectivity index (χ1) is 12.3.